The first-order valence-electron chi connectivity index (χ1n) is 10.5. The third kappa shape index (κ3) is 5.69. The molecule has 8 nitrogen and oxygen atoms in total. The number of anilines is 1. The second-order valence-electron chi connectivity index (χ2n) is 7.78. The number of nitrogens with zero attached hydrogens (tertiary/aromatic N) is 3. The van der Waals surface area contributed by atoms with Gasteiger partial charge >= 0.3 is 0 Å². The molecule has 180 valence electrons. The molecule has 0 spiro atoms. The number of carbonyl (C=O) groups is 1. The zero-order chi connectivity index (χ0) is 24.3. The molecule has 0 unspecified atom stereocenters. The van der Waals surface area contributed by atoms with Crippen LogP contribution >= 0.6 is 34.5 Å². The first kappa shape index (κ1) is 24.9. The van der Waals surface area contributed by atoms with Crippen LogP contribution in [0.25, 0.3) is 10.6 Å². The lowest BCUT2D eigenvalue weighted by Gasteiger charge is -2.31. The van der Waals surface area contributed by atoms with E-state index in [-0.39, 0.29) is 18.2 Å². The largest absolute Gasteiger partial charge is 0.497 e. The molecule has 1 fully saturated rings. The van der Waals surface area contributed by atoms with Crippen molar-refractivity contribution in [3.8, 4) is 16.3 Å². The molecule has 12 heteroatoms. The van der Waals surface area contributed by atoms with Gasteiger partial charge in [-0.3, -0.25) is 4.79 Å². The molecule has 1 saturated heterocycles. The van der Waals surface area contributed by atoms with Crippen LogP contribution < -0.4 is 10.1 Å². The van der Waals surface area contributed by atoms with Gasteiger partial charge in [0.15, 0.2) is 0 Å². The number of piperidine rings is 1. The molecule has 1 aliphatic heterocycles. The van der Waals surface area contributed by atoms with Gasteiger partial charge in [0.1, 0.15) is 10.8 Å². The lowest BCUT2D eigenvalue weighted by atomic mass is 9.99. The number of hydrogen-bond acceptors (Lipinski definition) is 7. The maximum atomic E-state index is 13.0. The Morgan fingerprint density at radius 3 is 2.56 bits per heavy atom. The zero-order valence-corrected chi connectivity index (χ0v) is 21.3. The Morgan fingerprint density at radius 1 is 1.18 bits per heavy atom. The Balaban J connectivity index is 1.41. The molecule has 1 aromatic heterocycles. The standard InChI is InChI=1S/C22H22Cl2N4O4S2/c1-32-16-9-7-14(8-10-16)21-26-27-22(33-21)25-20(29)15-4-3-11-28(12-15)34(30,31)13-17-18(23)5-2-6-19(17)24/h2,5-10,15H,3-4,11-13H2,1H3,(H,25,27,29)/t15-/m0/s1. The molecule has 2 aromatic carbocycles. The molecule has 34 heavy (non-hydrogen) atoms. The van der Waals surface area contributed by atoms with Crippen molar-refractivity contribution in [1.82, 2.24) is 14.5 Å². The van der Waals surface area contributed by atoms with E-state index in [1.54, 1.807) is 25.3 Å². The number of carbonyl (C=O) groups excluding carboxylic acids is 1. The van der Waals surface area contributed by atoms with Crippen LogP contribution in [0.3, 0.4) is 0 Å². The van der Waals surface area contributed by atoms with E-state index in [9.17, 15) is 13.2 Å². The summed E-state index contributed by atoms with van der Waals surface area (Å²) in [5.41, 5.74) is 1.21. The van der Waals surface area contributed by atoms with Gasteiger partial charge in [0.25, 0.3) is 0 Å². The van der Waals surface area contributed by atoms with Gasteiger partial charge in [0.2, 0.25) is 21.1 Å². The molecule has 0 aliphatic carbocycles. The average Bonchev–Trinajstić information content (AvgIpc) is 3.30. The molecule has 0 bridgehead atoms. The lowest BCUT2D eigenvalue weighted by Crippen LogP contribution is -2.44. The van der Waals surface area contributed by atoms with E-state index in [1.807, 2.05) is 24.3 Å². The van der Waals surface area contributed by atoms with Crippen LogP contribution in [0.4, 0.5) is 5.13 Å². The number of ether oxygens (including phenoxy) is 1. The van der Waals surface area contributed by atoms with Crippen LogP contribution in [-0.2, 0) is 20.6 Å². The Morgan fingerprint density at radius 2 is 1.88 bits per heavy atom. The van der Waals surface area contributed by atoms with E-state index in [4.69, 9.17) is 27.9 Å². The summed E-state index contributed by atoms with van der Waals surface area (Å²) in [6, 6.07) is 12.2. The highest BCUT2D eigenvalue weighted by Crippen LogP contribution is 2.31. The number of aromatic nitrogens is 2. The van der Waals surface area contributed by atoms with Crippen LogP contribution in [0.2, 0.25) is 10.0 Å². The van der Waals surface area contributed by atoms with Crippen LogP contribution in [-0.4, -0.2) is 49.0 Å². The molecular weight excluding hydrogens is 519 g/mol. The summed E-state index contributed by atoms with van der Waals surface area (Å²) in [4.78, 5) is 12.9. The highest BCUT2D eigenvalue weighted by Gasteiger charge is 2.33. The van der Waals surface area contributed by atoms with Crippen molar-refractivity contribution in [1.29, 1.82) is 0 Å². The fourth-order valence-corrected chi connectivity index (χ4v) is 6.80. The van der Waals surface area contributed by atoms with E-state index in [1.165, 1.54) is 15.6 Å². The van der Waals surface area contributed by atoms with E-state index >= 15 is 0 Å². The van der Waals surface area contributed by atoms with Crippen molar-refractivity contribution < 1.29 is 17.9 Å². The van der Waals surface area contributed by atoms with Crippen LogP contribution in [0.1, 0.15) is 18.4 Å². The smallest absolute Gasteiger partial charge is 0.230 e. The predicted molar refractivity (Wildman–Crippen MR) is 134 cm³/mol. The summed E-state index contributed by atoms with van der Waals surface area (Å²) in [6.07, 6.45) is 1.15. The number of hydrogen-bond donors (Lipinski definition) is 1. The molecule has 1 N–H and O–H groups in total. The summed E-state index contributed by atoms with van der Waals surface area (Å²) in [5, 5.41) is 12.6. The minimum atomic E-state index is -3.71. The molecule has 4 rings (SSSR count). The van der Waals surface area contributed by atoms with Gasteiger partial charge < -0.3 is 10.1 Å². The molecule has 0 saturated carbocycles. The summed E-state index contributed by atoms with van der Waals surface area (Å²) in [7, 11) is -2.12. The van der Waals surface area contributed by atoms with Gasteiger partial charge in [-0.1, -0.05) is 40.6 Å². The summed E-state index contributed by atoms with van der Waals surface area (Å²) in [5.74, 6) is -0.372. The Labute approximate surface area is 211 Å². The van der Waals surface area contributed by atoms with E-state index in [0.29, 0.717) is 45.1 Å². The maximum Gasteiger partial charge on any atom is 0.230 e. The third-order valence-corrected chi connectivity index (χ3v) is 8.90. The molecule has 3 aromatic rings. The first-order chi connectivity index (χ1) is 16.3. The van der Waals surface area contributed by atoms with E-state index in [0.717, 1.165) is 11.3 Å². The molecule has 0 radical (unpaired) electrons. The van der Waals surface area contributed by atoms with Crippen LogP contribution in [0.5, 0.6) is 5.75 Å². The average molecular weight is 541 g/mol. The maximum absolute atomic E-state index is 13.0. The Bertz CT molecular complexity index is 1260. The second kappa shape index (κ2) is 10.6. The number of rotatable bonds is 7. The van der Waals surface area contributed by atoms with Gasteiger partial charge in [-0.25, -0.2) is 12.7 Å². The monoisotopic (exact) mass is 540 g/mol. The number of halogens is 2. The first-order valence-corrected chi connectivity index (χ1v) is 13.6. The summed E-state index contributed by atoms with van der Waals surface area (Å²) < 4.78 is 32.6. The normalized spacial score (nSPS) is 16.9. The summed E-state index contributed by atoms with van der Waals surface area (Å²) in [6.45, 7) is 0.426. The molecule has 1 aliphatic rings. The minimum Gasteiger partial charge on any atom is -0.497 e. The molecule has 1 atom stereocenters. The number of benzene rings is 2. The van der Waals surface area contributed by atoms with Crippen molar-refractivity contribution in [3.63, 3.8) is 0 Å². The van der Waals surface area contributed by atoms with Crippen molar-refractivity contribution in [2.75, 3.05) is 25.5 Å². The number of sulfonamides is 1. The van der Waals surface area contributed by atoms with Crippen molar-refractivity contribution >= 4 is 55.6 Å². The Kier molecular flexibility index (Phi) is 7.73. The second-order valence-corrected chi connectivity index (χ2v) is 11.5. The lowest BCUT2D eigenvalue weighted by molar-refractivity contribution is -0.120. The number of methoxy groups -OCH3 is 1. The van der Waals surface area contributed by atoms with E-state index in [2.05, 4.69) is 15.5 Å². The minimum absolute atomic E-state index is 0.0837. The fourth-order valence-electron chi connectivity index (χ4n) is 3.68. The SMILES string of the molecule is COc1ccc(-c2nnc(NC(=O)[C@H]3CCCN(S(=O)(=O)Cc4c(Cl)cccc4Cl)C3)s2)cc1. The molecule has 2 heterocycles. The van der Waals surface area contributed by atoms with Gasteiger partial charge in [-0.15, -0.1) is 10.2 Å². The molecular formula is C22H22Cl2N4O4S2. The summed E-state index contributed by atoms with van der Waals surface area (Å²) >= 11 is 13.6. The van der Waals surface area contributed by atoms with Crippen molar-refractivity contribution in [3.05, 3.63) is 58.1 Å². The quantitative estimate of drug-likeness (QED) is 0.465. The Hall–Kier alpha value is -2.24. The number of amides is 1. The zero-order valence-electron chi connectivity index (χ0n) is 18.2. The topological polar surface area (TPSA) is 101 Å². The van der Waals surface area contributed by atoms with Gasteiger partial charge in [-0.05, 0) is 49.2 Å². The fraction of sp³-hybridized carbons (Fsp3) is 0.318. The highest BCUT2D eigenvalue weighted by molar-refractivity contribution is 7.88. The van der Waals surface area contributed by atoms with Crippen molar-refractivity contribution in [2.45, 2.75) is 18.6 Å². The number of nitrogens with one attached hydrogen (secondary N) is 1. The molecule has 1 amide bonds. The van der Waals surface area contributed by atoms with Crippen LogP contribution in [0, 0.1) is 5.92 Å². The van der Waals surface area contributed by atoms with Gasteiger partial charge in [0, 0.05) is 34.3 Å². The van der Waals surface area contributed by atoms with Crippen molar-refractivity contribution in [2.24, 2.45) is 5.92 Å². The predicted octanol–water partition coefficient (Wildman–Crippen LogP) is 4.70. The van der Waals surface area contributed by atoms with Gasteiger partial charge in [0.05, 0.1) is 18.8 Å². The van der Waals surface area contributed by atoms with Crippen LogP contribution in [0.15, 0.2) is 42.5 Å². The van der Waals surface area contributed by atoms with Gasteiger partial charge in [-0.2, -0.15) is 0 Å². The van der Waals surface area contributed by atoms with E-state index < -0.39 is 15.9 Å². The highest BCUT2D eigenvalue weighted by atomic mass is 35.5. The third-order valence-electron chi connectivity index (χ3n) is 5.53.